The maximum Gasteiger partial charge on any atom is 0.347 e. The summed E-state index contributed by atoms with van der Waals surface area (Å²) in [4.78, 5) is 54.9. The lowest BCUT2D eigenvalue weighted by atomic mass is 9.74. The van der Waals surface area contributed by atoms with E-state index in [4.69, 9.17) is 23.7 Å². The third kappa shape index (κ3) is 11.7. The number of ether oxygens (including phenoxy) is 5. The number of hydrogen-bond donors (Lipinski definition) is 0. The smallest absolute Gasteiger partial charge is 0.347 e. The average molecular weight is 657 g/mol. The van der Waals surface area contributed by atoms with Gasteiger partial charge in [0.15, 0.2) is 18.3 Å². The van der Waals surface area contributed by atoms with Gasteiger partial charge in [-0.3, -0.25) is 9.59 Å². The van der Waals surface area contributed by atoms with Gasteiger partial charge in [0.05, 0.1) is 36.9 Å². The summed E-state index contributed by atoms with van der Waals surface area (Å²) in [5.74, 6) is -1.61. The van der Waals surface area contributed by atoms with Gasteiger partial charge in [-0.2, -0.15) is 4.37 Å². The molecule has 3 atom stereocenters. The normalized spacial score (nSPS) is 16.3. The second-order valence-corrected chi connectivity index (χ2v) is 14.4. The summed E-state index contributed by atoms with van der Waals surface area (Å²) >= 11 is 0.999. The summed E-state index contributed by atoms with van der Waals surface area (Å²) in [6.45, 7) is 21.8. The molecule has 2 rings (SSSR count). The molecule has 0 spiro atoms. The summed E-state index contributed by atoms with van der Waals surface area (Å²) in [6, 6.07) is 0. The van der Waals surface area contributed by atoms with E-state index in [1.165, 1.54) is 20.8 Å². The Morgan fingerprint density at radius 3 is 2.07 bits per heavy atom. The molecule has 0 bridgehead atoms. The van der Waals surface area contributed by atoms with Crippen molar-refractivity contribution in [3.05, 3.63) is 0 Å². The molecule has 256 valence electrons. The van der Waals surface area contributed by atoms with Crippen LogP contribution in [-0.2, 0) is 38.1 Å². The zero-order valence-corrected chi connectivity index (χ0v) is 29.6. The maximum atomic E-state index is 13.1. The van der Waals surface area contributed by atoms with E-state index in [9.17, 15) is 19.2 Å². The molecule has 1 amide bonds. The third-order valence-corrected chi connectivity index (χ3v) is 8.19. The Kier molecular flexibility index (Phi) is 13.6. The quantitative estimate of drug-likeness (QED) is 0.198. The molecular formula is C31H52N4O9S. The van der Waals surface area contributed by atoms with E-state index in [2.05, 4.69) is 29.5 Å². The van der Waals surface area contributed by atoms with Gasteiger partial charge in [0.25, 0.3) is 5.88 Å². The van der Waals surface area contributed by atoms with Gasteiger partial charge in [-0.05, 0) is 60.3 Å². The van der Waals surface area contributed by atoms with Crippen LogP contribution in [-0.4, -0.2) is 101 Å². The Bertz CT molecular complexity index is 1160. The topological polar surface area (TPSA) is 147 Å². The molecule has 0 saturated carbocycles. The standard InChI is InChI=1S/C31H52N4O9S/c1-12-30(8,9)19-31(10,11)28(39)43-21(3)26(37)42-20(2)27(38)44-23(17-35(22(4)36)29(5,6)7)18-41-25-24(32-45-33-25)34-13-15-40-16-14-34/h20-21,23H,12-19H2,1-11H3/t20?,21?,23-/m0/s1. The Hall–Kier alpha value is -3.00. The van der Waals surface area contributed by atoms with Gasteiger partial charge in [0, 0.05) is 25.6 Å². The summed E-state index contributed by atoms with van der Waals surface area (Å²) < 4.78 is 36.5. The van der Waals surface area contributed by atoms with Gasteiger partial charge in [0.2, 0.25) is 11.7 Å². The molecule has 13 nitrogen and oxygen atoms in total. The first-order chi connectivity index (χ1) is 20.8. The first kappa shape index (κ1) is 38.2. The number of anilines is 1. The number of amides is 1. The van der Waals surface area contributed by atoms with Crippen LogP contribution in [0.4, 0.5) is 5.82 Å². The number of rotatable bonds is 15. The van der Waals surface area contributed by atoms with Crippen molar-refractivity contribution in [2.75, 3.05) is 44.4 Å². The van der Waals surface area contributed by atoms with Crippen molar-refractivity contribution in [3.8, 4) is 5.88 Å². The third-order valence-electron chi connectivity index (χ3n) is 7.69. The highest BCUT2D eigenvalue weighted by molar-refractivity contribution is 6.99. The van der Waals surface area contributed by atoms with E-state index in [0.717, 1.165) is 18.1 Å². The van der Waals surface area contributed by atoms with E-state index < -0.39 is 47.2 Å². The molecular weight excluding hydrogens is 604 g/mol. The van der Waals surface area contributed by atoms with Crippen molar-refractivity contribution in [1.82, 2.24) is 13.6 Å². The largest absolute Gasteiger partial charge is 0.470 e. The van der Waals surface area contributed by atoms with Gasteiger partial charge in [-0.25, -0.2) is 9.59 Å². The number of morpholine rings is 1. The molecule has 1 aliphatic heterocycles. The molecule has 14 heteroatoms. The van der Waals surface area contributed by atoms with Gasteiger partial charge in [-0.1, -0.05) is 27.2 Å². The minimum Gasteiger partial charge on any atom is -0.470 e. The Balaban J connectivity index is 2.09. The lowest BCUT2D eigenvalue weighted by molar-refractivity contribution is -0.183. The molecule has 0 radical (unpaired) electrons. The van der Waals surface area contributed by atoms with Gasteiger partial charge in [0.1, 0.15) is 6.61 Å². The Morgan fingerprint density at radius 2 is 1.51 bits per heavy atom. The molecule has 1 aromatic heterocycles. The van der Waals surface area contributed by atoms with E-state index in [0.29, 0.717) is 38.5 Å². The first-order valence-electron chi connectivity index (χ1n) is 15.5. The number of hydrogen-bond acceptors (Lipinski definition) is 13. The average Bonchev–Trinajstić information content (AvgIpc) is 3.42. The van der Waals surface area contributed by atoms with E-state index in [1.54, 1.807) is 18.7 Å². The van der Waals surface area contributed by atoms with E-state index in [-0.39, 0.29) is 30.4 Å². The molecule has 1 aliphatic rings. The SMILES string of the molecule is CCC(C)(C)CC(C)(C)C(=O)OC(C)C(=O)OC(C)C(=O)O[C@H](COc1nsnc1N1CCOCC1)CN(C(C)=O)C(C)(C)C. The highest BCUT2D eigenvalue weighted by Gasteiger charge is 2.38. The van der Waals surface area contributed by atoms with Crippen LogP contribution < -0.4 is 9.64 Å². The Morgan fingerprint density at radius 1 is 0.933 bits per heavy atom. The predicted octanol–water partition coefficient (Wildman–Crippen LogP) is 4.03. The fourth-order valence-corrected chi connectivity index (χ4v) is 5.47. The molecule has 0 aromatic carbocycles. The fourth-order valence-electron chi connectivity index (χ4n) is 4.95. The molecule has 0 N–H and O–H groups in total. The van der Waals surface area contributed by atoms with Gasteiger partial charge in [-0.15, -0.1) is 4.37 Å². The number of nitrogens with zero attached hydrogens (tertiary/aromatic N) is 4. The monoisotopic (exact) mass is 656 g/mol. The Labute approximate surface area is 271 Å². The maximum absolute atomic E-state index is 13.1. The van der Waals surface area contributed by atoms with Crippen molar-refractivity contribution in [3.63, 3.8) is 0 Å². The highest BCUT2D eigenvalue weighted by Crippen LogP contribution is 2.37. The molecule has 1 fully saturated rings. The van der Waals surface area contributed by atoms with Crippen LogP contribution in [0.5, 0.6) is 5.88 Å². The van der Waals surface area contributed by atoms with Crippen molar-refractivity contribution in [2.45, 2.75) is 113 Å². The summed E-state index contributed by atoms with van der Waals surface area (Å²) in [5, 5.41) is 0. The van der Waals surface area contributed by atoms with Gasteiger partial charge < -0.3 is 33.5 Å². The van der Waals surface area contributed by atoms with Crippen molar-refractivity contribution in [1.29, 1.82) is 0 Å². The lowest BCUT2D eigenvalue weighted by Gasteiger charge is -2.37. The van der Waals surface area contributed by atoms with Crippen LogP contribution in [0.25, 0.3) is 0 Å². The molecule has 0 aliphatic carbocycles. The zero-order valence-electron chi connectivity index (χ0n) is 28.8. The van der Waals surface area contributed by atoms with Gasteiger partial charge >= 0.3 is 17.9 Å². The van der Waals surface area contributed by atoms with Crippen molar-refractivity contribution >= 4 is 41.4 Å². The highest BCUT2D eigenvalue weighted by atomic mass is 32.1. The van der Waals surface area contributed by atoms with E-state index >= 15 is 0 Å². The number of aromatic nitrogens is 2. The summed E-state index contributed by atoms with van der Waals surface area (Å²) in [7, 11) is 0. The van der Waals surface area contributed by atoms with Crippen LogP contribution >= 0.6 is 11.7 Å². The van der Waals surface area contributed by atoms with Crippen LogP contribution in [0.2, 0.25) is 0 Å². The van der Waals surface area contributed by atoms with Crippen molar-refractivity contribution in [2.24, 2.45) is 10.8 Å². The minimum absolute atomic E-state index is 0.0207. The second-order valence-electron chi connectivity index (χ2n) is 13.9. The number of carbonyl (C=O) groups excluding carboxylic acids is 4. The minimum atomic E-state index is -1.32. The molecule has 1 saturated heterocycles. The molecule has 2 unspecified atom stereocenters. The lowest BCUT2D eigenvalue weighted by Crippen LogP contribution is -2.50. The van der Waals surface area contributed by atoms with Crippen molar-refractivity contribution < 1.29 is 42.9 Å². The number of carbonyl (C=O) groups is 4. The van der Waals surface area contributed by atoms with E-state index in [1.807, 2.05) is 25.7 Å². The first-order valence-corrected chi connectivity index (χ1v) is 16.2. The molecule has 2 heterocycles. The summed E-state index contributed by atoms with van der Waals surface area (Å²) in [6.07, 6.45) is -2.04. The molecule has 45 heavy (non-hydrogen) atoms. The van der Waals surface area contributed by atoms with Crippen LogP contribution in [0.15, 0.2) is 0 Å². The molecule has 1 aromatic rings. The number of esters is 3. The van der Waals surface area contributed by atoms with Crippen LogP contribution in [0.1, 0.15) is 89.0 Å². The predicted molar refractivity (Wildman–Crippen MR) is 169 cm³/mol. The van der Waals surface area contributed by atoms with Crippen LogP contribution in [0.3, 0.4) is 0 Å². The summed E-state index contributed by atoms with van der Waals surface area (Å²) in [5.41, 5.74) is -1.49. The van der Waals surface area contributed by atoms with Crippen LogP contribution in [0, 0.1) is 10.8 Å². The second kappa shape index (κ2) is 16.0. The fraction of sp³-hybridized carbons (Fsp3) is 0.806. The zero-order chi connectivity index (χ0) is 34.2.